The highest BCUT2D eigenvalue weighted by Crippen LogP contribution is 2.43. The van der Waals surface area contributed by atoms with Crippen molar-refractivity contribution in [1.82, 2.24) is 20.1 Å². The van der Waals surface area contributed by atoms with E-state index in [9.17, 15) is 9.59 Å². The Labute approximate surface area is 181 Å². The number of piperazine rings is 1. The Morgan fingerprint density at radius 3 is 2.81 bits per heavy atom. The minimum atomic E-state index is -0.226. The first-order chi connectivity index (χ1) is 15.2. The van der Waals surface area contributed by atoms with Crippen LogP contribution in [0.25, 0.3) is 0 Å². The van der Waals surface area contributed by atoms with E-state index in [1.54, 1.807) is 0 Å². The van der Waals surface area contributed by atoms with Crippen molar-refractivity contribution in [2.75, 3.05) is 19.6 Å². The van der Waals surface area contributed by atoms with Gasteiger partial charge in [0.15, 0.2) is 5.89 Å². The summed E-state index contributed by atoms with van der Waals surface area (Å²) in [6.45, 7) is 2.26. The van der Waals surface area contributed by atoms with Crippen molar-refractivity contribution < 1.29 is 14.0 Å². The molecule has 1 saturated carbocycles. The molecule has 162 valence electrons. The zero-order valence-electron chi connectivity index (χ0n) is 17.6. The lowest BCUT2D eigenvalue weighted by molar-refractivity contribution is -0.139. The van der Waals surface area contributed by atoms with Gasteiger partial charge in [-0.2, -0.15) is 0 Å². The zero-order valence-corrected chi connectivity index (χ0v) is 17.6. The first kappa shape index (κ1) is 19.0. The fourth-order valence-corrected chi connectivity index (χ4v) is 5.68. The van der Waals surface area contributed by atoms with Crippen molar-refractivity contribution in [2.45, 2.75) is 56.7 Å². The van der Waals surface area contributed by atoms with Crippen LogP contribution in [0.5, 0.6) is 0 Å². The van der Waals surface area contributed by atoms with Crippen LogP contribution in [0, 0.1) is 5.92 Å². The van der Waals surface area contributed by atoms with Crippen LogP contribution in [-0.2, 0) is 22.6 Å². The van der Waals surface area contributed by atoms with Crippen LogP contribution in [0.3, 0.4) is 0 Å². The molecule has 1 aromatic heterocycles. The lowest BCUT2D eigenvalue weighted by Crippen LogP contribution is -2.52. The van der Waals surface area contributed by atoms with E-state index in [0.29, 0.717) is 32.0 Å². The van der Waals surface area contributed by atoms with E-state index < -0.39 is 0 Å². The smallest absolute Gasteiger partial charge is 0.237 e. The SMILES string of the molecule is O=C([C@@H]1C[C@@H]2CNCC(=O)N2[C@@H]1c1ccccc1)N1CCc2oc(C3CCC3)nc2C1. The summed E-state index contributed by atoms with van der Waals surface area (Å²) < 4.78 is 6.04. The third kappa shape index (κ3) is 3.17. The second kappa shape index (κ2) is 7.48. The van der Waals surface area contributed by atoms with Crippen LogP contribution in [0.2, 0.25) is 0 Å². The van der Waals surface area contributed by atoms with Gasteiger partial charge in [0.2, 0.25) is 11.8 Å². The van der Waals surface area contributed by atoms with Gasteiger partial charge in [-0.15, -0.1) is 0 Å². The highest BCUT2D eigenvalue weighted by Gasteiger charge is 2.50. The third-order valence-electron chi connectivity index (χ3n) is 7.51. The lowest BCUT2D eigenvalue weighted by Gasteiger charge is -2.36. The van der Waals surface area contributed by atoms with Gasteiger partial charge in [0.05, 0.1) is 25.0 Å². The molecule has 1 aromatic carbocycles. The quantitative estimate of drug-likeness (QED) is 0.825. The topological polar surface area (TPSA) is 78.7 Å². The molecule has 3 aliphatic heterocycles. The Balaban J connectivity index is 1.27. The Morgan fingerprint density at radius 2 is 2.03 bits per heavy atom. The van der Waals surface area contributed by atoms with Crippen molar-refractivity contribution in [2.24, 2.45) is 5.92 Å². The number of hydrogen-bond acceptors (Lipinski definition) is 5. The molecule has 0 bridgehead atoms. The fourth-order valence-electron chi connectivity index (χ4n) is 5.68. The number of amides is 2. The van der Waals surface area contributed by atoms with Crippen molar-refractivity contribution in [3.63, 3.8) is 0 Å². The number of rotatable bonds is 3. The van der Waals surface area contributed by atoms with Crippen LogP contribution in [0.1, 0.15) is 60.6 Å². The number of carbonyl (C=O) groups is 2. The Hall–Kier alpha value is -2.67. The van der Waals surface area contributed by atoms with Crippen molar-refractivity contribution in [3.05, 3.63) is 53.2 Å². The first-order valence-corrected chi connectivity index (χ1v) is 11.5. The highest BCUT2D eigenvalue weighted by atomic mass is 16.4. The third-order valence-corrected chi connectivity index (χ3v) is 7.51. The average molecular weight is 421 g/mol. The molecule has 6 rings (SSSR count). The van der Waals surface area contributed by atoms with E-state index in [2.05, 4.69) is 5.32 Å². The summed E-state index contributed by atoms with van der Waals surface area (Å²) in [6.07, 6.45) is 4.98. The van der Waals surface area contributed by atoms with Crippen LogP contribution in [0.4, 0.5) is 0 Å². The molecule has 3 fully saturated rings. The molecule has 31 heavy (non-hydrogen) atoms. The van der Waals surface area contributed by atoms with E-state index in [0.717, 1.165) is 48.7 Å². The van der Waals surface area contributed by atoms with Crippen LogP contribution < -0.4 is 5.32 Å². The maximum atomic E-state index is 13.8. The maximum absolute atomic E-state index is 13.8. The number of oxazole rings is 1. The minimum absolute atomic E-state index is 0.0676. The molecule has 4 aliphatic rings. The molecule has 2 aromatic rings. The molecule has 2 amide bonds. The zero-order chi connectivity index (χ0) is 20.9. The predicted molar refractivity (Wildman–Crippen MR) is 113 cm³/mol. The van der Waals surface area contributed by atoms with Crippen molar-refractivity contribution >= 4 is 11.8 Å². The van der Waals surface area contributed by atoms with Gasteiger partial charge in [-0.3, -0.25) is 9.59 Å². The summed E-state index contributed by atoms with van der Waals surface area (Å²) in [4.78, 5) is 35.2. The molecular weight excluding hydrogens is 392 g/mol. The summed E-state index contributed by atoms with van der Waals surface area (Å²) in [6, 6.07) is 9.90. The van der Waals surface area contributed by atoms with Gasteiger partial charge in [-0.05, 0) is 24.8 Å². The van der Waals surface area contributed by atoms with Gasteiger partial charge >= 0.3 is 0 Å². The lowest BCUT2D eigenvalue weighted by atomic mass is 9.85. The predicted octanol–water partition coefficient (Wildman–Crippen LogP) is 2.39. The molecule has 0 unspecified atom stereocenters. The summed E-state index contributed by atoms with van der Waals surface area (Å²) in [7, 11) is 0. The molecule has 0 radical (unpaired) electrons. The summed E-state index contributed by atoms with van der Waals surface area (Å²) in [5, 5.41) is 3.22. The van der Waals surface area contributed by atoms with E-state index in [1.165, 1.54) is 6.42 Å². The average Bonchev–Trinajstić information content (AvgIpc) is 3.34. The highest BCUT2D eigenvalue weighted by molar-refractivity contribution is 5.85. The number of nitrogens with zero attached hydrogens (tertiary/aromatic N) is 3. The number of hydrogen-bond donors (Lipinski definition) is 1. The van der Waals surface area contributed by atoms with Crippen LogP contribution in [0.15, 0.2) is 34.7 Å². The second-order valence-corrected chi connectivity index (χ2v) is 9.34. The van der Waals surface area contributed by atoms with Gasteiger partial charge in [0.25, 0.3) is 0 Å². The van der Waals surface area contributed by atoms with E-state index >= 15 is 0 Å². The van der Waals surface area contributed by atoms with Gasteiger partial charge in [0, 0.05) is 31.5 Å². The fraction of sp³-hybridized carbons (Fsp3) is 0.542. The Kier molecular flexibility index (Phi) is 4.60. The number of benzene rings is 1. The molecule has 1 N–H and O–H groups in total. The normalized spacial score (nSPS) is 28.3. The first-order valence-electron chi connectivity index (χ1n) is 11.5. The summed E-state index contributed by atoms with van der Waals surface area (Å²) in [5.41, 5.74) is 1.97. The molecule has 1 aliphatic carbocycles. The number of fused-ring (bicyclic) bond motifs is 2. The summed E-state index contributed by atoms with van der Waals surface area (Å²) in [5.74, 6) is 2.27. The molecular formula is C24H28N4O3. The van der Waals surface area contributed by atoms with Gasteiger partial charge < -0.3 is 19.5 Å². The number of nitrogens with one attached hydrogen (secondary N) is 1. The van der Waals surface area contributed by atoms with Crippen molar-refractivity contribution in [1.29, 1.82) is 0 Å². The molecule has 3 atom stereocenters. The van der Waals surface area contributed by atoms with Gasteiger partial charge in [-0.1, -0.05) is 36.8 Å². The minimum Gasteiger partial charge on any atom is -0.445 e. The monoisotopic (exact) mass is 420 g/mol. The largest absolute Gasteiger partial charge is 0.445 e. The van der Waals surface area contributed by atoms with E-state index in [4.69, 9.17) is 9.40 Å². The molecule has 4 heterocycles. The van der Waals surface area contributed by atoms with Crippen LogP contribution >= 0.6 is 0 Å². The summed E-state index contributed by atoms with van der Waals surface area (Å²) >= 11 is 0. The second-order valence-electron chi connectivity index (χ2n) is 9.34. The molecule has 2 saturated heterocycles. The molecule has 7 heteroatoms. The van der Waals surface area contributed by atoms with Gasteiger partial charge in [0.1, 0.15) is 11.5 Å². The molecule has 7 nitrogen and oxygen atoms in total. The number of aromatic nitrogens is 1. The Bertz CT molecular complexity index is 1000. The van der Waals surface area contributed by atoms with E-state index in [-0.39, 0.29) is 29.8 Å². The number of carbonyl (C=O) groups excluding carboxylic acids is 2. The van der Waals surface area contributed by atoms with Gasteiger partial charge in [-0.25, -0.2) is 4.98 Å². The molecule has 0 spiro atoms. The maximum Gasteiger partial charge on any atom is 0.237 e. The van der Waals surface area contributed by atoms with Crippen LogP contribution in [-0.4, -0.2) is 52.3 Å². The van der Waals surface area contributed by atoms with Crippen molar-refractivity contribution in [3.8, 4) is 0 Å². The Morgan fingerprint density at radius 1 is 1.19 bits per heavy atom. The van der Waals surface area contributed by atoms with E-state index in [1.807, 2.05) is 40.1 Å². The standard InChI is InChI=1S/C24H28N4O3/c29-21-13-25-12-17-11-18(22(28(17)21)15-5-2-1-3-6-15)24(30)27-10-9-20-19(14-27)26-23(31-20)16-7-4-8-16/h1-3,5-6,16-18,22,25H,4,7-14H2/t17-,18-,22-/m1/s1.